The lowest BCUT2D eigenvalue weighted by molar-refractivity contribution is 0.0376. The first kappa shape index (κ1) is 24.3. The summed E-state index contributed by atoms with van der Waals surface area (Å²) >= 11 is 1.45. The highest BCUT2D eigenvalue weighted by Crippen LogP contribution is 2.40. The lowest BCUT2D eigenvalue weighted by atomic mass is 10.2. The fourth-order valence-corrected chi connectivity index (χ4v) is 4.79. The van der Waals surface area contributed by atoms with Gasteiger partial charge < -0.3 is 14.2 Å². The van der Waals surface area contributed by atoms with Crippen molar-refractivity contribution < 1.29 is 19.0 Å². The molecule has 32 heavy (non-hydrogen) atoms. The number of amides is 1. The minimum Gasteiger partial charge on any atom is -0.495 e. The van der Waals surface area contributed by atoms with E-state index in [1.165, 1.54) is 11.3 Å². The minimum atomic E-state index is -0.0560. The van der Waals surface area contributed by atoms with Crippen LogP contribution in [0.15, 0.2) is 42.5 Å². The molecule has 0 unspecified atom stereocenters. The Hall–Kier alpha value is -2.39. The molecule has 4 rings (SSSR count). The van der Waals surface area contributed by atoms with Crippen LogP contribution in [0.5, 0.6) is 11.5 Å². The van der Waals surface area contributed by atoms with Crippen molar-refractivity contribution in [2.45, 2.75) is 6.42 Å². The van der Waals surface area contributed by atoms with Gasteiger partial charge in [0.2, 0.25) is 0 Å². The number of carbonyl (C=O) groups is 1. The number of aromatic nitrogens is 1. The smallest absolute Gasteiger partial charge is 0.260 e. The van der Waals surface area contributed by atoms with E-state index < -0.39 is 0 Å². The number of thiazole rings is 1. The second kappa shape index (κ2) is 11.5. The lowest BCUT2D eigenvalue weighted by Gasteiger charge is -2.27. The van der Waals surface area contributed by atoms with Crippen molar-refractivity contribution in [2.75, 3.05) is 58.5 Å². The van der Waals surface area contributed by atoms with Crippen molar-refractivity contribution in [1.82, 2.24) is 9.88 Å². The lowest BCUT2D eigenvalue weighted by Crippen LogP contribution is -2.39. The maximum Gasteiger partial charge on any atom is 0.260 e. The molecule has 0 bridgehead atoms. The van der Waals surface area contributed by atoms with Gasteiger partial charge in [0.05, 0.1) is 27.4 Å². The van der Waals surface area contributed by atoms with Crippen LogP contribution in [0, 0.1) is 0 Å². The molecular weight excluding hydrogens is 450 g/mol. The zero-order chi connectivity index (χ0) is 21.6. The van der Waals surface area contributed by atoms with Crippen LogP contribution in [0.25, 0.3) is 10.2 Å². The summed E-state index contributed by atoms with van der Waals surface area (Å²) in [6.45, 7) is 4.90. The van der Waals surface area contributed by atoms with Crippen LogP contribution >= 0.6 is 23.7 Å². The quantitative estimate of drug-likeness (QED) is 0.486. The first-order chi connectivity index (χ1) is 15.2. The third-order valence-corrected chi connectivity index (χ3v) is 6.45. The average Bonchev–Trinajstić information content (AvgIpc) is 3.27. The number of carbonyl (C=O) groups excluding carboxylic acids is 1. The highest BCUT2D eigenvalue weighted by Gasteiger charge is 2.24. The van der Waals surface area contributed by atoms with E-state index in [-0.39, 0.29) is 18.3 Å². The van der Waals surface area contributed by atoms with Crippen molar-refractivity contribution in [2.24, 2.45) is 0 Å². The number of morpholine rings is 1. The van der Waals surface area contributed by atoms with E-state index in [1.54, 1.807) is 19.1 Å². The van der Waals surface area contributed by atoms with E-state index in [1.807, 2.05) is 42.5 Å². The predicted molar refractivity (Wildman–Crippen MR) is 130 cm³/mol. The van der Waals surface area contributed by atoms with Crippen molar-refractivity contribution in [1.29, 1.82) is 0 Å². The summed E-state index contributed by atoms with van der Waals surface area (Å²) in [6.07, 6.45) is 0.850. The molecule has 1 saturated heterocycles. The second-order valence-electron chi connectivity index (χ2n) is 7.27. The molecule has 0 saturated carbocycles. The fourth-order valence-electron chi connectivity index (χ4n) is 3.69. The van der Waals surface area contributed by atoms with Crippen molar-refractivity contribution >= 4 is 45.0 Å². The van der Waals surface area contributed by atoms with Crippen molar-refractivity contribution in [3.8, 4) is 11.5 Å². The van der Waals surface area contributed by atoms with Gasteiger partial charge in [-0.1, -0.05) is 29.5 Å². The number of rotatable bonds is 8. The van der Waals surface area contributed by atoms with Crippen LogP contribution < -0.4 is 14.4 Å². The van der Waals surface area contributed by atoms with Crippen LogP contribution in [0.4, 0.5) is 5.13 Å². The molecule has 0 aliphatic carbocycles. The summed E-state index contributed by atoms with van der Waals surface area (Å²) < 4.78 is 17.3. The number of benzene rings is 2. The maximum absolute atomic E-state index is 13.4. The Kier molecular flexibility index (Phi) is 8.69. The first-order valence-corrected chi connectivity index (χ1v) is 11.2. The zero-order valence-electron chi connectivity index (χ0n) is 18.3. The molecule has 1 aliphatic rings. The van der Waals surface area contributed by atoms with E-state index >= 15 is 0 Å². The Labute approximate surface area is 198 Å². The highest BCUT2D eigenvalue weighted by molar-refractivity contribution is 7.22. The number of halogens is 1. The Bertz CT molecular complexity index is 984. The molecule has 0 radical (unpaired) electrons. The van der Waals surface area contributed by atoms with Crippen LogP contribution in [0.3, 0.4) is 0 Å². The molecule has 0 atom stereocenters. The van der Waals surface area contributed by atoms with E-state index in [0.717, 1.165) is 49.7 Å². The summed E-state index contributed by atoms with van der Waals surface area (Å²) in [4.78, 5) is 22.4. The highest BCUT2D eigenvalue weighted by atomic mass is 35.5. The van der Waals surface area contributed by atoms with Gasteiger partial charge in [-0.3, -0.25) is 14.6 Å². The summed E-state index contributed by atoms with van der Waals surface area (Å²) in [6, 6.07) is 13.1. The molecule has 2 heterocycles. The number of hydrogen-bond acceptors (Lipinski definition) is 7. The van der Waals surface area contributed by atoms with Crippen molar-refractivity contribution in [3.05, 3.63) is 48.0 Å². The zero-order valence-corrected chi connectivity index (χ0v) is 19.9. The summed E-state index contributed by atoms with van der Waals surface area (Å²) in [5.41, 5.74) is 1.35. The number of fused-ring (bicyclic) bond motifs is 1. The molecule has 0 N–H and O–H groups in total. The van der Waals surface area contributed by atoms with Gasteiger partial charge >= 0.3 is 0 Å². The van der Waals surface area contributed by atoms with E-state index in [9.17, 15) is 4.79 Å². The van der Waals surface area contributed by atoms with Gasteiger partial charge in [0, 0.05) is 31.7 Å². The predicted octanol–water partition coefficient (Wildman–Crippen LogP) is 4.10. The number of hydrogen-bond donors (Lipinski definition) is 0. The van der Waals surface area contributed by atoms with Crippen LogP contribution in [0.1, 0.15) is 16.8 Å². The minimum absolute atomic E-state index is 0. The molecule has 3 aromatic rings. The standard InChI is InChI=1S/C23H27N3O4S.ClH/c1-28-18-9-10-19(29-2)21-20(18)24-23(31-21)26(22(27)17-7-4-3-5-8-17)12-6-11-25-13-15-30-16-14-25;/h3-5,7-10H,6,11-16H2,1-2H3;1H. The number of methoxy groups -OCH3 is 2. The molecule has 172 valence electrons. The van der Waals surface area contributed by atoms with E-state index in [0.29, 0.717) is 28.5 Å². The third kappa shape index (κ3) is 5.32. The molecule has 7 nitrogen and oxygen atoms in total. The van der Waals surface area contributed by atoms with Gasteiger partial charge in [-0.25, -0.2) is 4.98 Å². The van der Waals surface area contributed by atoms with Gasteiger partial charge in [-0.05, 0) is 30.7 Å². The molecule has 1 aromatic heterocycles. The molecule has 0 spiro atoms. The normalized spacial score (nSPS) is 14.1. The van der Waals surface area contributed by atoms with Crippen LogP contribution in [-0.2, 0) is 4.74 Å². The van der Waals surface area contributed by atoms with Gasteiger partial charge in [-0.2, -0.15) is 0 Å². The molecule has 1 aliphatic heterocycles. The molecule has 1 amide bonds. The van der Waals surface area contributed by atoms with Crippen molar-refractivity contribution in [3.63, 3.8) is 0 Å². The monoisotopic (exact) mass is 477 g/mol. The maximum atomic E-state index is 13.4. The fraction of sp³-hybridized carbons (Fsp3) is 0.391. The SMILES string of the molecule is COc1ccc(OC)c2sc(N(CCCN3CCOCC3)C(=O)c3ccccc3)nc12.Cl. The third-order valence-electron chi connectivity index (χ3n) is 5.36. The van der Waals surface area contributed by atoms with Gasteiger partial charge in [0.1, 0.15) is 21.7 Å². The summed E-state index contributed by atoms with van der Waals surface area (Å²) in [5.74, 6) is 1.33. The van der Waals surface area contributed by atoms with Gasteiger partial charge in [-0.15, -0.1) is 12.4 Å². The Balaban J connectivity index is 0.00000289. The number of nitrogens with zero attached hydrogens (tertiary/aromatic N) is 3. The van der Waals surface area contributed by atoms with Gasteiger partial charge in [0.25, 0.3) is 5.91 Å². The summed E-state index contributed by atoms with van der Waals surface area (Å²) in [7, 11) is 3.26. The Morgan fingerprint density at radius 1 is 1.09 bits per heavy atom. The Morgan fingerprint density at radius 3 is 2.47 bits per heavy atom. The van der Waals surface area contributed by atoms with E-state index in [4.69, 9.17) is 19.2 Å². The topological polar surface area (TPSA) is 64.1 Å². The second-order valence-corrected chi connectivity index (χ2v) is 8.25. The number of anilines is 1. The summed E-state index contributed by atoms with van der Waals surface area (Å²) in [5, 5.41) is 0.647. The largest absolute Gasteiger partial charge is 0.495 e. The average molecular weight is 478 g/mol. The Morgan fingerprint density at radius 2 is 1.78 bits per heavy atom. The van der Waals surface area contributed by atoms with Crippen LogP contribution in [0.2, 0.25) is 0 Å². The molecule has 9 heteroatoms. The van der Waals surface area contributed by atoms with E-state index in [2.05, 4.69) is 4.90 Å². The molecular formula is C23H28ClN3O4S. The molecule has 2 aromatic carbocycles. The van der Waals surface area contributed by atoms with Gasteiger partial charge in [0.15, 0.2) is 5.13 Å². The van der Waals surface area contributed by atoms with Crippen LogP contribution in [-0.4, -0.2) is 69.4 Å². The molecule has 1 fully saturated rings. The number of ether oxygens (including phenoxy) is 3. The first-order valence-electron chi connectivity index (χ1n) is 10.4.